The number of pyridine rings is 4. The average Bonchev–Trinajstić information content (AvgIpc) is 2.56. The van der Waals surface area contributed by atoms with E-state index in [0.717, 1.165) is 24.7 Å². The van der Waals surface area contributed by atoms with Gasteiger partial charge in [-0.1, -0.05) is 14.9 Å². The van der Waals surface area contributed by atoms with Crippen LogP contribution in [0.2, 0.25) is 0 Å². The number of hydrogen-bond acceptors (Lipinski definition) is 4. The van der Waals surface area contributed by atoms with Crippen LogP contribution in [0.1, 0.15) is 14.9 Å². The van der Waals surface area contributed by atoms with E-state index in [2.05, 4.69) is 46.8 Å². The molecule has 0 aromatic carbocycles. The molecule has 0 spiro atoms. The van der Waals surface area contributed by atoms with Crippen molar-refractivity contribution in [3.05, 3.63) is 75.3 Å². The van der Waals surface area contributed by atoms with Gasteiger partial charge in [0, 0.05) is 39.7 Å². The number of fused-ring (bicyclic) bond motifs is 2. The minimum atomic E-state index is 0. The molecule has 4 aromatic rings. The van der Waals surface area contributed by atoms with Crippen molar-refractivity contribution in [2.75, 3.05) is 0 Å². The van der Waals surface area contributed by atoms with Gasteiger partial charge in [0.15, 0.2) is 6.20 Å². The predicted molar refractivity (Wildman–Crippen MR) is 109 cm³/mol. The molecule has 4 aromatic heterocycles. The quantitative estimate of drug-likeness (QED) is 0.261. The minimum Gasteiger partial charge on any atom is -0.618 e. The summed E-state index contributed by atoms with van der Waals surface area (Å²) in [6.45, 7) is 0. The maximum absolute atomic E-state index is 11.2. The Labute approximate surface area is 163 Å². The highest BCUT2D eigenvalue weighted by Crippen LogP contribution is 2.14. The molecule has 0 unspecified atom stereocenters. The van der Waals surface area contributed by atoms with E-state index in [0.29, 0.717) is 11.0 Å². The molecule has 0 aliphatic carbocycles. The summed E-state index contributed by atoms with van der Waals surface area (Å²) < 4.78 is 2.57. The van der Waals surface area contributed by atoms with Gasteiger partial charge in [-0.25, -0.2) is 4.98 Å². The number of nitrogens with zero attached hydrogens (tertiary/aromatic N) is 4. The van der Waals surface area contributed by atoms with Crippen LogP contribution in [0.25, 0.3) is 22.1 Å². The topological polar surface area (TPSA) is 65.6 Å². The Morgan fingerprint density at radius 2 is 1.44 bits per heavy atom. The Morgan fingerprint density at radius 1 is 0.800 bits per heavy atom. The van der Waals surface area contributed by atoms with Crippen molar-refractivity contribution in [3.63, 3.8) is 0 Å². The van der Waals surface area contributed by atoms with E-state index >= 15 is 0 Å². The summed E-state index contributed by atoms with van der Waals surface area (Å²) >= 11 is 6.58. The molecule has 0 aliphatic rings. The first-order valence-corrected chi connectivity index (χ1v) is 8.22. The summed E-state index contributed by atoms with van der Waals surface area (Å²) in [4.78, 5) is 12.4. The lowest BCUT2D eigenvalue weighted by Crippen LogP contribution is -2.25. The average molecular weight is 466 g/mol. The Kier molecular flexibility index (Phi) is 7.86. The first-order valence-electron chi connectivity index (χ1n) is 6.63. The highest BCUT2D eigenvalue weighted by Gasteiger charge is 2.03. The van der Waals surface area contributed by atoms with E-state index in [4.69, 9.17) is 0 Å². The van der Waals surface area contributed by atoms with Gasteiger partial charge in [0.25, 0.3) is 0 Å². The van der Waals surface area contributed by atoms with Crippen LogP contribution in [0, 0.1) is 5.21 Å². The second-order valence-electron chi connectivity index (χ2n) is 4.59. The second-order valence-corrected chi connectivity index (χ2v) is 6.42. The van der Waals surface area contributed by atoms with Gasteiger partial charge < -0.3 is 5.21 Å². The van der Waals surface area contributed by atoms with Crippen molar-refractivity contribution in [3.8, 4) is 0 Å². The van der Waals surface area contributed by atoms with Crippen molar-refractivity contribution >= 4 is 53.9 Å². The molecule has 0 saturated carbocycles. The fraction of sp³-hybridized carbons (Fsp3) is 0.111. The van der Waals surface area contributed by atoms with Crippen LogP contribution in [0.15, 0.2) is 70.1 Å². The first kappa shape index (κ1) is 20.9. The first-order chi connectivity index (χ1) is 11.1. The number of rotatable bonds is 0. The fourth-order valence-electron chi connectivity index (χ4n) is 1.97. The number of hydrogen-bond donors (Lipinski definition) is 0. The highest BCUT2D eigenvalue weighted by molar-refractivity contribution is 9.10. The van der Waals surface area contributed by atoms with E-state index < -0.39 is 0 Å². The van der Waals surface area contributed by atoms with Crippen LogP contribution in [0.5, 0.6) is 0 Å². The molecule has 0 bridgehead atoms. The molecule has 0 amide bonds. The van der Waals surface area contributed by atoms with E-state index in [1.165, 1.54) is 6.20 Å². The minimum absolute atomic E-state index is 0. The second kappa shape index (κ2) is 9.39. The van der Waals surface area contributed by atoms with Crippen molar-refractivity contribution in [2.24, 2.45) is 0 Å². The summed E-state index contributed by atoms with van der Waals surface area (Å²) in [5, 5.41) is 11.2. The van der Waals surface area contributed by atoms with E-state index in [1.54, 1.807) is 36.8 Å². The largest absolute Gasteiger partial charge is 0.618 e. The van der Waals surface area contributed by atoms with E-state index in [-0.39, 0.29) is 14.9 Å². The zero-order valence-corrected chi connectivity index (χ0v) is 14.9. The third-order valence-electron chi connectivity index (χ3n) is 2.99. The molecule has 0 radical (unpaired) electrons. The molecule has 7 heteroatoms. The predicted octanol–water partition coefficient (Wildman–Crippen LogP) is 5.30. The molecule has 0 saturated heterocycles. The SMILES string of the molecule is Brc1cnc2cccnc2c1.C.C.[O-][n+]1cccc2ncc(Br)cc21. The van der Waals surface area contributed by atoms with Gasteiger partial charge in [-0.15, -0.1) is 0 Å². The molecule has 0 aliphatic heterocycles. The van der Waals surface area contributed by atoms with Crippen molar-refractivity contribution in [1.82, 2.24) is 15.0 Å². The van der Waals surface area contributed by atoms with E-state index in [9.17, 15) is 5.21 Å². The maximum atomic E-state index is 11.2. The fourth-order valence-corrected chi connectivity index (χ4v) is 2.60. The Morgan fingerprint density at radius 3 is 2.20 bits per heavy atom. The van der Waals surface area contributed by atoms with Gasteiger partial charge in [-0.05, 0) is 56.1 Å². The Balaban J connectivity index is 0.000000232. The van der Waals surface area contributed by atoms with Crippen molar-refractivity contribution in [1.29, 1.82) is 0 Å². The highest BCUT2D eigenvalue weighted by atomic mass is 79.9. The van der Waals surface area contributed by atoms with Crippen molar-refractivity contribution in [2.45, 2.75) is 14.9 Å². The zero-order chi connectivity index (χ0) is 16.2. The molecule has 25 heavy (non-hydrogen) atoms. The molecule has 4 heterocycles. The normalized spacial score (nSPS) is 9.52. The lowest BCUT2D eigenvalue weighted by Gasteiger charge is -1.99. The number of aromatic nitrogens is 4. The summed E-state index contributed by atoms with van der Waals surface area (Å²) in [6, 6.07) is 11.0. The smallest absolute Gasteiger partial charge is 0.243 e. The zero-order valence-electron chi connectivity index (χ0n) is 11.7. The summed E-state index contributed by atoms with van der Waals surface area (Å²) in [5.74, 6) is 0. The third-order valence-corrected chi connectivity index (χ3v) is 3.86. The maximum Gasteiger partial charge on any atom is 0.243 e. The van der Waals surface area contributed by atoms with Gasteiger partial charge in [0.1, 0.15) is 5.52 Å². The van der Waals surface area contributed by atoms with Crippen LogP contribution < -0.4 is 4.73 Å². The van der Waals surface area contributed by atoms with Crippen molar-refractivity contribution < 1.29 is 4.73 Å². The van der Waals surface area contributed by atoms with Gasteiger partial charge >= 0.3 is 0 Å². The van der Waals surface area contributed by atoms with Crippen LogP contribution in [-0.4, -0.2) is 15.0 Å². The Bertz CT molecular complexity index is 979. The molecule has 130 valence electrons. The van der Waals surface area contributed by atoms with Crippen LogP contribution in [0.4, 0.5) is 0 Å². The Hall–Kier alpha value is -2.12. The van der Waals surface area contributed by atoms with Gasteiger partial charge in [-0.3, -0.25) is 9.97 Å². The molecule has 4 rings (SSSR count). The van der Waals surface area contributed by atoms with E-state index in [1.807, 2.05) is 18.2 Å². The molecule has 0 N–H and O–H groups in total. The molecule has 0 fully saturated rings. The van der Waals surface area contributed by atoms with Gasteiger partial charge in [0.05, 0.1) is 11.0 Å². The number of halogens is 2. The summed E-state index contributed by atoms with van der Waals surface area (Å²) in [6.07, 6.45) is 6.65. The standard InChI is InChI=1S/C8H5BrN2O.C8H5BrN2.2CH4/c9-6-4-8-7(10-5-6)2-1-3-11(8)12;9-6-4-8-7(11-5-6)2-1-3-10-8;;/h1-5H;1-5H;2*1H4. The molecule has 5 nitrogen and oxygen atoms in total. The molecule has 0 atom stereocenters. The third kappa shape index (κ3) is 5.17. The lowest BCUT2D eigenvalue weighted by atomic mass is 10.3. The molecular formula is C18H18Br2N4O. The lowest BCUT2D eigenvalue weighted by molar-refractivity contribution is -0.577. The van der Waals surface area contributed by atoms with Gasteiger partial charge in [0.2, 0.25) is 5.52 Å². The van der Waals surface area contributed by atoms with Gasteiger partial charge in [-0.2, -0.15) is 4.73 Å². The van der Waals surface area contributed by atoms with Crippen LogP contribution in [0.3, 0.4) is 0 Å². The van der Waals surface area contributed by atoms with Crippen LogP contribution in [-0.2, 0) is 0 Å². The van der Waals surface area contributed by atoms with Crippen LogP contribution >= 0.6 is 31.9 Å². The summed E-state index contributed by atoms with van der Waals surface area (Å²) in [5.41, 5.74) is 3.13. The summed E-state index contributed by atoms with van der Waals surface area (Å²) in [7, 11) is 0. The molecular weight excluding hydrogens is 448 g/mol. The monoisotopic (exact) mass is 464 g/mol.